The van der Waals surface area contributed by atoms with Crippen molar-refractivity contribution in [1.82, 2.24) is 0 Å². The monoisotopic (exact) mass is 104 g/mol. The van der Waals surface area contributed by atoms with Crippen molar-refractivity contribution in [2.24, 2.45) is 5.73 Å². The van der Waals surface area contributed by atoms with Crippen molar-refractivity contribution in [2.75, 3.05) is 13.2 Å². The molecule has 4 nitrogen and oxygen atoms in total. The van der Waals surface area contributed by atoms with Crippen molar-refractivity contribution in [1.29, 1.82) is 5.41 Å². The van der Waals surface area contributed by atoms with Crippen molar-refractivity contribution in [2.45, 2.75) is 0 Å². The lowest BCUT2D eigenvalue weighted by molar-refractivity contribution is 0.190. The number of hydrogen-bond donors (Lipinski definition) is 3. The Morgan fingerprint density at radius 2 is 2.43 bits per heavy atom. The van der Waals surface area contributed by atoms with Crippen LogP contribution in [-0.4, -0.2) is 24.3 Å². The first kappa shape index (κ1) is 6.23. The maximum atomic E-state index is 8.04. The third-order valence-corrected chi connectivity index (χ3v) is 0.349. The number of ether oxygens (including phenoxy) is 1. The van der Waals surface area contributed by atoms with E-state index in [1.165, 1.54) is 0 Å². The van der Waals surface area contributed by atoms with E-state index in [2.05, 4.69) is 4.74 Å². The number of amidine groups is 1. The summed E-state index contributed by atoms with van der Waals surface area (Å²) in [6, 6.07) is -0.353. The molecule has 0 aromatic carbocycles. The van der Waals surface area contributed by atoms with E-state index in [0.29, 0.717) is 0 Å². The number of nitrogens with one attached hydrogen (secondary N) is 1. The van der Waals surface area contributed by atoms with Crippen LogP contribution in [0, 0.1) is 5.41 Å². The Hall–Kier alpha value is -0.770. The summed E-state index contributed by atoms with van der Waals surface area (Å²) < 4.78 is 4.30. The second kappa shape index (κ2) is 3.42. The lowest BCUT2D eigenvalue weighted by atomic mass is 10.8. The molecular weight excluding hydrogens is 96.0 g/mol. The second-order valence-electron chi connectivity index (χ2n) is 0.936. The van der Waals surface area contributed by atoms with Crippen molar-refractivity contribution in [3.8, 4) is 0 Å². The number of rotatable bonds is 2. The smallest absolute Gasteiger partial charge is 0.279 e. The maximum absolute atomic E-state index is 8.04. The van der Waals surface area contributed by atoms with Gasteiger partial charge < -0.3 is 15.6 Å². The maximum Gasteiger partial charge on any atom is 0.279 e. The zero-order valence-electron chi connectivity index (χ0n) is 3.85. The molecule has 0 aliphatic carbocycles. The molecule has 0 spiro atoms. The van der Waals surface area contributed by atoms with E-state index in [1.54, 1.807) is 0 Å². The molecule has 0 saturated carbocycles. The second-order valence-corrected chi connectivity index (χ2v) is 0.936. The Morgan fingerprint density at radius 1 is 1.86 bits per heavy atom. The average molecular weight is 104 g/mol. The van der Waals surface area contributed by atoms with Gasteiger partial charge in [-0.1, -0.05) is 0 Å². The fraction of sp³-hybridized carbons (Fsp3) is 0.667. The highest BCUT2D eigenvalue weighted by atomic mass is 16.5. The number of hydrogen-bond acceptors (Lipinski definition) is 3. The Bertz CT molecular complexity index is 64.0. The highest BCUT2D eigenvalue weighted by Gasteiger charge is 1.82. The number of nitrogens with two attached hydrogens (primary N) is 1. The van der Waals surface area contributed by atoms with E-state index in [4.69, 9.17) is 16.2 Å². The van der Waals surface area contributed by atoms with Crippen molar-refractivity contribution in [3.63, 3.8) is 0 Å². The minimum absolute atomic E-state index is 0.0976. The van der Waals surface area contributed by atoms with Crippen molar-refractivity contribution >= 4 is 6.02 Å². The van der Waals surface area contributed by atoms with E-state index in [9.17, 15) is 0 Å². The van der Waals surface area contributed by atoms with Gasteiger partial charge in [-0.25, -0.2) is 0 Å². The van der Waals surface area contributed by atoms with Gasteiger partial charge in [0.25, 0.3) is 6.02 Å². The van der Waals surface area contributed by atoms with E-state index in [0.717, 1.165) is 0 Å². The molecule has 0 atom stereocenters. The summed E-state index contributed by atoms with van der Waals surface area (Å²) >= 11 is 0. The van der Waals surface area contributed by atoms with Gasteiger partial charge in [0.15, 0.2) is 0 Å². The van der Waals surface area contributed by atoms with E-state index in [1.807, 2.05) is 0 Å². The predicted octanol–water partition coefficient (Wildman–Crippen LogP) is -1.11. The van der Waals surface area contributed by atoms with Gasteiger partial charge in [0.2, 0.25) is 0 Å². The summed E-state index contributed by atoms with van der Waals surface area (Å²) in [4.78, 5) is 0. The number of aliphatic hydroxyl groups excluding tert-OH is 1. The molecule has 4 heteroatoms. The van der Waals surface area contributed by atoms with Crippen molar-refractivity contribution < 1.29 is 9.84 Å². The summed E-state index contributed by atoms with van der Waals surface area (Å²) in [5.41, 5.74) is 4.73. The Balaban J connectivity index is 2.82. The molecule has 0 fully saturated rings. The quantitative estimate of drug-likeness (QED) is 0.307. The molecule has 0 heterocycles. The molecule has 7 heavy (non-hydrogen) atoms. The lowest BCUT2D eigenvalue weighted by Gasteiger charge is -1.96. The molecule has 42 valence electrons. The summed E-state index contributed by atoms with van der Waals surface area (Å²) in [5.74, 6) is 0. The van der Waals surface area contributed by atoms with Gasteiger partial charge in [-0.2, -0.15) is 0 Å². The molecule has 0 radical (unpaired) electrons. The van der Waals surface area contributed by atoms with E-state index >= 15 is 0 Å². The highest BCUT2D eigenvalue weighted by molar-refractivity contribution is 5.67. The largest absolute Gasteiger partial charge is 0.463 e. The van der Waals surface area contributed by atoms with Gasteiger partial charge in [-0.05, 0) is 0 Å². The highest BCUT2D eigenvalue weighted by Crippen LogP contribution is 1.65. The van der Waals surface area contributed by atoms with Gasteiger partial charge in [-0.3, -0.25) is 5.41 Å². The van der Waals surface area contributed by atoms with Crippen LogP contribution in [0.4, 0.5) is 0 Å². The summed E-state index contributed by atoms with van der Waals surface area (Å²) in [6.45, 7) is 0.00884. The van der Waals surface area contributed by atoms with Crippen molar-refractivity contribution in [3.05, 3.63) is 0 Å². The molecule has 0 aromatic heterocycles. The molecule has 0 unspecified atom stereocenters. The third kappa shape index (κ3) is 5.23. The van der Waals surface area contributed by atoms with Crippen LogP contribution in [0.3, 0.4) is 0 Å². The van der Waals surface area contributed by atoms with Crippen LogP contribution >= 0.6 is 0 Å². The molecule has 0 bridgehead atoms. The molecule has 4 N–H and O–H groups in total. The van der Waals surface area contributed by atoms with Crippen LogP contribution in [0.15, 0.2) is 0 Å². The molecule has 0 aliphatic heterocycles. The molecular formula is C3H8N2O2. The Morgan fingerprint density at radius 3 is 2.57 bits per heavy atom. The standard InChI is InChI=1S/C3H8N2O2/c4-3(5)7-2-1-6/h6H,1-2H2,(H3,4,5). The zero-order valence-corrected chi connectivity index (χ0v) is 3.85. The molecule has 0 aromatic rings. The fourth-order valence-electron chi connectivity index (χ4n) is 0.156. The van der Waals surface area contributed by atoms with Gasteiger partial charge in [0.1, 0.15) is 6.61 Å². The third-order valence-electron chi connectivity index (χ3n) is 0.349. The zero-order chi connectivity index (χ0) is 5.70. The van der Waals surface area contributed by atoms with E-state index < -0.39 is 0 Å². The van der Waals surface area contributed by atoms with Crippen LogP contribution in [-0.2, 0) is 4.74 Å². The Labute approximate surface area is 41.4 Å². The summed E-state index contributed by atoms with van der Waals surface area (Å²) in [5, 5.41) is 14.5. The first-order valence-corrected chi connectivity index (χ1v) is 1.85. The van der Waals surface area contributed by atoms with Crippen LogP contribution in [0.5, 0.6) is 0 Å². The normalized spacial score (nSPS) is 8.14. The lowest BCUT2D eigenvalue weighted by Crippen LogP contribution is -2.16. The van der Waals surface area contributed by atoms with Crippen LogP contribution in [0.2, 0.25) is 0 Å². The van der Waals surface area contributed by atoms with Crippen LogP contribution in [0.1, 0.15) is 0 Å². The topological polar surface area (TPSA) is 79.3 Å². The number of aliphatic hydroxyl groups is 1. The Kier molecular flexibility index (Phi) is 3.04. The fourth-order valence-corrected chi connectivity index (χ4v) is 0.156. The van der Waals surface area contributed by atoms with Gasteiger partial charge in [0, 0.05) is 0 Å². The first-order valence-electron chi connectivity index (χ1n) is 1.85. The molecule has 0 rings (SSSR count). The first-order chi connectivity index (χ1) is 3.27. The molecule has 0 saturated heterocycles. The molecule has 0 aliphatic rings. The minimum atomic E-state index is -0.353. The minimum Gasteiger partial charge on any atom is -0.463 e. The van der Waals surface area contributed by atoms with E-state index in [-0.39, 0.29) is 19.2 Å². The SMILES string of the molecule is N=C(N)OCCO. The van der Waals surface area contributed by atoms with Gasteiger partial charge in [0.05, 0.1) is 6.61 Å². The van der Waals surface area contributed by atoms with Crippen LogP contribution < -0.4 is 5.73 Å². The predicted molar refractivity (Wildman–Crippen MR) is 25.0 cm³/mol. The molecule has 0 amide bonds. The van der Waals surface area contributed by atoms with Gasteiger partial charge in [-0.15, -0.1) is 0 Å². The van der Waals surface area contributed by atoms with Crippen LogP contribution in [0.25, 0.3) is 0 Å². The summed E-state index contributed by atoms with van der Waals surface area (Å²) in [7, 11) is 0. The average Bonchev–Trinajstić information content (AvgIpc) is 1.61. The summed E-state index contributed by atoms with van der Waals surface area (Å²) in [6.07, 6.45) is 0. The van der Waals surface area contributed by atoms with Gasteiger partial charge >= 0.3 is 0 Å².